The third-order valence-electron chi connectivity index (χ3n) is 6.33. The number of hydrogen-bond donors (Lipinski definition) is 2. The molecule has 4 rings (SSSR count). The van der Waals surface area contributed by atoms with Crippen molar-refractivity contribution in [2.24, 2.45) is 11.1 Å². The lowest BCUT2D eigenvalue weighted by Gasteiger charge is -2.47. The van der Waals surface area contributed by atoms with Gasteiger partial charge in [0, 0.05) is 25.9 Å². The normalized spacial score (nSPS) is 43.5. The van der Waals surface area contributed by atoms with Crippen molar-refractivity contribution >= 4 is 11.4 Å². The Bertz CT molecular complexity index is 558. The molecule has 2 heterocycles. The molecule has 23 heavy (non-hydrogen) atoms. The van der Waals surface area contributed by atoms with Gasteiger partial charge in [0.05, 0.1) is 24.8 Å². The molecule has 4 aliphatic rings. The fourth-order valence-corrected chi connectivity index (χ4v) is 5.37. The zero-order valence-corrected chi connectivity index (χ0v) is 13.4. The molecule has 7 nitrogen and oxygen atoms in total. The summed E-state index contributed by atoms with van der Waals surface area (Å²) in [6.45, 7) is 2.67. The van der Waals surface area contributed by atoms with Crippen LogP contribution in [0.3, 0.4) is 0 Å². The van der Waals surface area contributed by atoms with Crippen LogP contribution in [-0.4, -0.2) is 68.9 Å². The predicted molar refractivity (Wildman–Crippen MR) is 83.7 cm³/mol. The van der Waals surface area contributed by atoms with Gasteiger partial charge in [0.15, 0.2) is 5.60 Å². The molecule has 0 bridgehead atoms. The summed E-state index contributed by atoms with van der Waals surface area (Å²) in [6, 6.07) is 0. The monoisotopic (exact) mass is 323 g/mol. The highest BCUT2D eigenvalue weighted by Gasteiger charge is 2.71. The van der Waals surface area contributed by atoms with E-state index in [-0.39, 0.29) is 5.92 Å². The average Bonchev–Trinajstić information content (AvgIpc) is 2.82. The molecule has 0 radical (unpaired) electrons. The van der Waals surface area contributed by atoms with Gasteiger partial charge in [-0.25, -0.2) is 4.90 Å². The molecular weight excluding hydrogens is 298 g/mol. The van der Waals surface area contributed by atoms with Gasteiger partial charge < -0.3 is 20.3 Å². The predicted octanol–water partition coefficient (Wildman–Crippen LogP) is 0.915. The number of hydroxylamine groups is 1. The Hall–Kier alpha value is -1.18. The first-order valence-electron chi connectivity index (χ1n) is 8.76. The van der Waals surface area contributed by atoms with Crippen molar-refractivity contribution < 1.29 is 19.8 Å². The van der Waals surface area contributed by atoms with Crippen LogP contribution in [0.15, 0.2) is 5.16 Å². The van der Waals surface area contributed by atoms with Crippen LogP contribution in [-0.2, 0) is 4.74 Å². The molecular formula is C16H25N3O4. The topological polar surface area (TPSA) is 91.4 Å². The fourth-order valence-electron chi connectivity index (χ4n) is 5.37. The zero-order valence-electron chi connectivity index (χ0n) is 13.4. The number of rotatable bonds is 1. The van der Waals surface area contributed by atoms with Crippen LogP contribution < -0.4 is 0 Å². The third kappa shape index (κ3) is 1.87. The number of ether oxygens (including phenoxy) is 1. The minimum atomic E-state index is -1.37. The summed E-state index contributed by atoms with van der Waals surface area (Å²) in [5.74, 6) is -0.222. The summed E-state index contributed by atoms with van der Waals surface area (Å²) in [5, 5.41) is 37.7. The molecule has 1 saturated heterocycles. The van der Waals surface area contributed by atoms with Crippen LogP contribution in [0.25, 0.3) is 0 Å². The van der Waals surface area contributed by atoms with Gasteiger partial charge in [0.1, 0.15) is 0 Å². The maximum atomic E-state index is 13.4. The van der Waals surface area contributed by atoms with Crippen molar-refractivity contribution in [2.75, 3.05) is 26.3 Å². The summed E-state index contributed by atoms with van der Waals surface area (Å²) in [4.78, 5) is 2.21. The van der Waals surface area contributed by atoms with Gasteiger partial charge in [0.25, 0.3) is 0 Å². The van der Waals surface area contributed by atoms with Crippen molar-refractivity contribution in [3.8, 4) is 0 Å². The van der Waals surface area contributed by atoms with Crippen molar-refractivity contribution in [2.45, 2.75) is 56.2 Å². The van der Waals surface area contributed by atoms with Gasteiger partial charge in [-0.15, -0.1) is 0 Å². The molecule has 2 saturated carbocycles. The van der Waals surface area contributed by atoms with Crippen LogP contribution in [0.4, 0.5) is 0 Å². The van der Waals surface area contributed by atoms with Gasteiger partial charge in [-0.3, -0.25) is 0 Å². The van der Waals surface area contributed by atoms with Gasteiger partial charge in [0.2, 0.25) is 11.4 Å². The van der Waals surface area contributed by atoms with Gasteiger partial charge in [-0.1, -0.05) is 11.6 Å². The quantitative estimate of drug-likeness (QED) is 0.324. The smallest absolute Gasteiger partial charge is 0.235 e. The number of nitrogens with zero attached hydrogens (tertiary/aromatic N) is 3. The minimum absolute atomic E-state index is 0.222. The first kappa shape index (κ1) is 15.4. The number of oxime groups is 1. The van der Waals surface area contributed by atoms with Gasteiger partial charge in [-0.05, 0) is 25.7 Å². The van der Waals surface area contributed by atoms with Crippen molar-refractivity contribution in [3.05, 3.63) is 5.21 Å². The van der Waals surface area contributed by atoms with E-state index in [1.54, 1.807) is 0 Å². The second kappa shape index (κ2) is 5.43. The first-order valence-corrected chi connectivity index (χ1v) is 8.76. The second-order valence-corrected chi connectivity index (χ2v) is 7.18. The average molecular weight is 323 g/mol. The molecule has 0 unspecified atom stereocenters. The molecule has 0 aromatic rings. The maximum absolute atomic E-state index is 13.4. The molecule has 2 N–H and O–H groups in total. The summed E-state index contributed by atoms with van der Waals surface area (Å²) in [6.07, 6.45) is 5.42. The molecule has 3 atom stereocenters. The number of aliphatic hydroxyl groups is 1. The fraction of sp³-hybridized carbons (Fsp3) is 0.875. The molecule has 0 amide bonds. The Morgan fingerprint density at radius 1 is 1.22 bits per heavy atom. The summed E-state index contributed by atoms with van der Waals surface area (Å²) < 4.78 is 6.57. The largest absolute Gasteiger partial charge is 0.622 e. The SMILES string of the molecule is [O-][N+]1=C2CCC/C(=N/O)[C@]2(O)[C@@H]2CCCC[C@@]21N1CCOCC1. The second-order valence-electron chi connectivity index (χ2n) is 7.18. The Labute approximate surface area is 135 Å². The highest BCUT2D eigenvalue weighted by molar-refractivity contribution is 6.15. The van der Waals surface area contributed by atoms with Crippen LogP contribution in [0, 0.1) is 11.1 Å². The van der Waals surface area contributed by atoms with E-state index < -0.39 is 11.3 Å². The Kier molecular flexibility index (Phi) is 3.62. The van der Waals surface area contributed by atoms with E-state index in [0.717, 1.165) is 36.8 Å². The van der Waals surface area contributed by atoms with E-state index in [4.69, 9.17) is 4.74 Å². The van der Waals surface area contributed by atoms with Crippen LogP contribution >= 0.6 is 0 Å². The van der Waals surface area contributed by atoms with Crippen LogP contribution in [0.1, 0.15) is 44.9 Å². The first-order chi connectivity index (χ1) is 11.2. The molecule has 7 heteroatoms. The van der Waals surface area contributed by atoms with Gasteiger partial charge in [-0.2, -0.15) is 4.74 Å². The highest BCUT2D eigenvalue weighted by atomic mass is 16.5. The standard InChI is InChI=1S/C16H25N3O4/c20-16-12-4-1-2-7-15(12,18-8-10-23-11-9-18)19(22)14(16)6-3-5-13(16)17-21/h12,20-21H,1-11H2/b17-13-/t12-,15+,16-/m1/s1. The van der Waals surface area contributed by atoms with E-state index in [1.807, 2.05) is 0 Å². The molecule has 128 valence electrons. The Morgan fingerprint density at radius 3 is 2.74 bits per heavy atom. The van der Waals surface area contributed by atoms with E-state index in [0.29, 0.717) is 50.6 Å². The number of morpholine rings is 1. The third-order valence-corrected chi connectivity index (χ3v) is 6.33. The molecule has 2 aliphatic heterocycles. The van der Waals surface area contributed by atoms with Crippen molar-refractivity contribution in [3.63, 3.8) is 0 Å². The Balaban J connectivity index is 1.85. The maximum Gasteiger partial charge on any atom is 0.235 e. The lowest BCUT2D eigenvalue weighted by Crippen LogP contribution is -2.65. The number of hydrogen-bond acceptors (Lipinski definition) is 6. The minimum Gasteiger partial charge on any atom is -0.622 e. The van der Waals surface area contributed by atoms with E-state index in [1.165, 1.54) is 0 Å². The van der Waals surface area contributed by atoms with Crippen LogP contribution in [0.2, 0.25) is 0 Å². The summed E-state index contributed by atoms with van der Waals surface area (Å²) >= 11 is 0. The van der Waals surface area contributed by atoms with Crippen molar-refractivity contribution in [1.29, 1.82) is 0 Å². The summed E-state index contributed by atoms with van der Waals surface area (Å²) in [5.41, 5.74) is -1.18. The van der Waals surface area contributed by atoms with Gasteiger partial charge >= 0.3 is 0 Å². The zero-order chi connectivity index (χ0) is 16.1. The molecule has 3 fully saturated rings. The highest BCUT2D eigenvalue weighted by Crippen LogP contribution is 2.52. The molecule has 0 spiro atoms. The lowest BCUT2D eigenvalue weighted by molar-refractivity contribution is -0.591. The van der Waals surface area contributed by atoms with E-state index in [2.05, 4.69) is 10.1 Å². The lowest BCUT2D eigenvalue weighted by atomic mass is 9.65. The van der Waals surface area contributed by atoms with E-state index in [9.17, 15) is 15.5 Å². The van der Waals surface area contributed by atoms with E-state index >= 15 is 0 Å². The Morgan fingerprint density at radius 2 is 2.00 bits per heavy atom. The molecule has 2 aliphatic carbocycles. The van der Waals surface area contributed by atoms with Crippen LogP contribution in [0.5, 0.6) is 0 Å². The molecule has 0 aromatic heterocycles. The molecule has 0 aromatic carbocycles. The number of fused-ring (bicyclic) bond motifs is 3. The van der Waals surface area contributed by atoms with Crippen molar-refractivity contribution in [1.82, 2.24) is 4.90 Å². The summed E-state index contributed by atoms with van der Waals surface area (Å²) in [7, 11) is 0.